The minimum Gasteiger partial charge on any atom is -0.468 e. The van der Waals surface area contributed by atoms with E-state index in [2.05, 4.69) is 25.3 Å². The Hall–Kier alpha value is -2.36. The van der Waals surface area contributed by atoms with Crippen LogP contribution in [-0.4, -0.2) is 28.8 Å². The molecule has 0 atom stereocenters. The van der Waals surface area contributed by atoms with Gasteiger partial charge in [-0.3, -0.25) is 0 Å². The van der Waals surface area contributed by atoms with Crippen LogP contribution in [0.15, 0.2) is 23.7 Å². The number of amides is 2. The Morgan fingerprint density at radius 1 is 1.33 bits per heavy atom. The van der Waals surface area contributed by atoms with Crippen molar-refractivity contribution in [2.24, 2.45) is 0 Å². The normalized spacial score (nSPS) is 11.2. The number of alkyl halides is 3. The molecule has 0 aliphatic heterocycles. The Labute approximate surface area is 140 Å². The molecule has 10 heteroatoms. The van der Waals surface area contributed by atoms with Gasteiger partial charge in [0, 0.05) is 29.9 Å². The van der Waals surface area contributed by atoms with Crippen LogP contribution in [0, 0.1) is 6.92 Å². The number of aryl methyl sites for hydroxylation is 1. The van der Waals surface area contributed by atoms with Crippen molar-refractivity contribution < 1.29 is 22.7 Å². The summed E-state index contributed by atoms with van der Waals surface area (Å²) in [5, 5.41) is 7.91. The number of rotatable bonds is 6. The van der Waals surface area contributed by atoms with Gasteiger partial charge >= 0.3 is 12.2 Å². The van der Waals surface area contributed by atoms with Gasteiger partial charge in [0.25, 0.3) is 0 Å². The molecule has 2 N–H and O–H groups in total. The summed E-state index contributed by atoms with van der Waals surface area (Å²) in [5.74, 6) is -0.148. The average Bonchev–Trinajstić information content (AvgIpc) is 2.94. The Balaban J connectivity index is 1.77. The highest BCUT2D eigenvalue weighted by Gasteiger charge is 2.28. The number of carbonyl (C=O) groups excluding carboxylic acids is 1. The van der Waals surface area contributed by atoms with Gasteiger partial charge in [-0.1, -0.05) is 0 Å². The zero-order chi connectivity index (χ0) is 17.6. The van der Waals surface area contributed by atoms with Crippen LogP contribution in [0.5, 0.6) is 5.88 Å². The van der Waals surface area contributed by atoms with E-state index in [1.165, 1.54) is 23.6 Å². The molecule has 0 saturated heterocycles. The molecule has 0 radical (unpaired) electrons. The minimum absolute atomic E-state index is 0.133. The van der Waals surface area contributed by atoms with Crippen LogP contribution in [0.4, 0.5) is 18.0 Å². The first-order chi connectivity index (χ1) is 11.3. The number of nitrogens with zero attached hydrogens (tertiary/aromatic N) is 2. The lowest BCUT2D eigenvalue weighted by Gasteiger charge is -2.10. The monoisotopic (exact) mass is 360 g/mol. The Bertz CT molecular complexity index is 691. The molecule has 0 aromatic carbocycles. The fourth-order valence-corrected chi connectivity index (χ4v) is 2.39. The number of aromatic nitrogens is 2. The Morgan fingerprint density at radius 2 is 2.08 bits per heavy atom. The van der Waals surface area contributed by atoms with E-state index < -0.39 is 18.8 Å². The van der Waals surface area contributed by atoms with Crippen molar-refractivity contribution in [2.45, 2.75) is 26.2 Å². The van der Waals surface area contributed by atoms with Gasteiger partial charge in [-0.05, 0) is 18.6 Å². The summed E-state index contributed by atoms with van der Waals surface area (Å²) >= 11 is 1.45. The molecule has 0 spiro atoms. The first-order valence-electron chi connectivity index (χ1n) is 6.89. The number of nitrogens with one attached hydrogen (secondary N) is 2. The molecule has 0 aliphatic carbocycles. The molecule has 0 bridgehead atoms. The van der Waals surface area contributed by atoms with E-state index in [9.17, 15) is 18.0 Å². The quantitative estimate of drug-likeness (QED) is 0.831. The summed E-state index contributed by atoms with van der Waals surface area (Å²) in [6.45, 7) is 0.890. The second-order valence-electron chi connectivity index (χ2n) is 4.83. The number of pyridine rings is 1. The van der Waals surface area contributed by atoms with Crippen molar-refractivity contribution in [1.29, 1.82) is 0 Å². The standard InChI is InChI=1S/C14H15F3N4O2S/c1-9-7-24-12(21-9)6-20-13(22)19-5-10-2-3-18-11(4-10)23-8-14(15,16)17/h2-4,7H,5-6,8H2,1H3,(H2,19,20,22). The van der Waals surface area contributed by atoms with Gasteiger partial charge in [0.2, 0.25) is 5.88 Å². The molecule has 2 aromatic heterocycles. The van der Waals surface area contributed by atoms with Crippen LogP contribution in [0.3, 0.4) is 0 Å². The number of hydrogen-bond acceptors (Lipinski definition) is 5. The van der Waals surface area contributed by atoms with E-state index in [1.54, 1.807) is 6.07 Å². The average molecular weight is 360 g/mol. The molecule has 6 nitrogen and oxygen atoms in total. The summed E-state index contributed by atoms with van der Waals surface area (Å²) < 4.78 is 40.9. The van der Waals surface area contributed by atoms with E-state index in [4.69, 9.17) is 0 Å². The molecule has 0 fully saturated rings. The zero-order valence-electron chi connectivity index (χ0n) is 12.7. The number of halogens is 3. The van der Waals surface area contributed by atoms with Crippen LogP contribution in [0.2, 0.25) is 0 Å². The zero-order valence-corrected chi connectivity index (χ0v) is 13.5. The molecule has 2 aromatic rings. The maximum absolute atomic E-state index is 12.1. The first-order valence-corrected chi connectivity index (χ1v) is 7.77. The lowest BCUT2D eigenvalue weighted by atomic mass is 10.2. The van der Waals surface area contributed by atoms with Crippen molar-refractivity contribution >= 4 is 17.4 Å². The number of thiazole rings is 1. The van der Waals surface area contributed by atoms with Gasteiger partial charge in [0.05, 0.1) is 6.54 Å². The van der Waals surface area contributed by atoms with Crippen LogP contribution in [0.25, 0.3) is 0 Å². The maximum Gasteiger partial charge on any atom is 0.422 e. The van der Waals surface area contributed by atoms with Gasteiger partial charge in [-0.15, -0.1) is 11.3 Å². The summed E-state index contributed by atoms with van der Waals surface area (Å²) in [4.78, 5) is 19.6. The van der Waals surface area contributed by atoms with Gasteiger partial charge in [0.1, 0.15) is 5.01 Å². The summed E-state index contributed by atoms with van der Waals surface area (Å²) in [6, 6.07) is 2.51. The lowest BCUT2D eigenvalue weighted by molar-refractivity contribution is -0.154. The van der Waals surface area contributed by atoms with Crippen LogP contribution >= 0.6 is 11.3 Å². The lowest BCUT2D eigenvalue weighted by Crippen LogP contribution is -2.34. The van der Waals surface area contributed by atoms with Crippen LogP contribution < -0.4 is 15.4 Å². The summed E-state index contributed by atoms with van der Waals surface area (Å²) in [5.41, 5.74) is 1.46. The fraction of sp³-hybridized carbons (Fsp3) is 0.357. The highest BCUT2D eigenvalue weighted by Crippen LogP contribution is 2.17. The van der Waals surface area contributed by atoms with Gasteiger partial charge in [-0.25, -0.2) is 14.8 Å². The molecular formula is C14H15F3N4O2S. The molecule has 0 aliphatic rings. The van der Waals surface area contributed by atoms with Crippen molar-refractivity contribution in [3.05, 3.63) is 40.0 Å². The third kappa shape index (κ3) is 6.41. The van der Waals surface area contributed by atoms with Crippen molar-refractivity contribution in [3.63, 3.8) is 0 Å². The fourth-order valence-electron chi connectivity index (χ4n) is 1.68. The Morgan fingerprint density at radius 3 is 2.75 bits per heavy atom. The van der Waals surface area contributed by atoms with Gasteiger partial charge < -0.3 is 15.4 Å². The SMILES string of the molecule is Cc1csc(CNC(=O)NCc2ccnc(OCC(F)(F)F)c2)n1. The van der Waals surface area contributed by atoms with Crippen LogP contribution in [-0.2, 0) is 13.1 Å². The van der Waals surface area contributed by atoms with E-state index in [0.29, 0.717) is 12.1 Å². The summed E-state index contributed by atoms with van der Waals surface area (Å²) in [6.07, 6.45) is -3.11. The molecule has 130 valence electrons. The van der Waals surface area contributed by atoms with Gasteiger partial charge in [0.15, 0.2) is 6.61 Å². The predicted octanol–water partition coefficient (Wildman–Crippen LogP) is 2.79. The van der Waals surface area contributed by atoms with Gasteiger partial charge in [-0.2, -0.15) is 13.2 Å². The van der Waals surface area contributed by atoms with Crippen molar-refractivity contribution in [3.8, 4) is 5.88 Å². The smallest absolute Gasteiger partial charge is 0.422 e. The third-order valence-electron chi connectivity index (χ3n) is 2.70. The van der Waals surface area contributed by atoms with E-state index in [1.807, 2.05) is 12.3 Å². The Kier molecular flexibility index (Phi) is 5.96. The minimum atomic E-state index is -4.43. The molecule has 0 saturated carbocycles. The van der Waals surface area contributed by atoms with Crippen LogP contribution in [0.1, 0.15) is 16.3 Å². The molecular weight excluding hydrogens is 345 g/mol. The van der Waals surface area contributed by atoms with Crippen molar-refractivity contribution in [1.82, 2.24) is 20.6 Å². The molecule has 0 unspecified atom stereocenters. The third-order valence-corrected chi connectivity index (χ3v) is 3.67. The topological polar surface area (TPSA) is 76.1 Å². The number of urea groups is 1. The number of carbonyl (C=O) groups is 1. The molecule has 2 heterocycles. The predicted molar refractivity (Wildman–Crippen MR) is 81.7 cm³/mol. The highest BCUT2D eigenvalue weighted by molar-refractivity contribution is 7.09. The van der Waals surface area contributed by atoms with E-state index in [-0.39, 0.29) is 12.4 Å². The first kappa shape index (κ1) is 18.0. The molecule has 24 heavy (non-hydrogen) atoms. The van der Waals surface area contributed by atoms with E-state index >= 15 is 0 Å². The molecule has 2 amide bonds. The maximum atomic E-state index is 12.1. The second-order valence-corrected chi connectivity index (χ2v) is 5.77. The number of hydrogen-bond donors (Lipinski definition) is 2. The molecule has 2 rings (SSSR count). The van der Waals surface area contributed by atoms with E-state index in [0.717, 1.165) is 10.7 Å². The second kappa shape index (κ2) is 7.95. The highest BCUT2D eigenvalue weighted by atomic mass is 32.1. The van der Waals surface area contributed by atoms with Crippen molar-refractivity contribution in [2.75, 3.05) is 6.61 Å². The largest absolute Gasteiger partial charge is 0.468 e. The number of ether oxygens (including phenoxy) is 1. The summed E-state index contributed by atoms with van der Waals surface area (Å²) in [7, 11) is 0.